The summed E-state index contributed by atoms with van der Waals surface area (Å²) in [6.07, 6.45) is 2.55. The number of likely N-dealkylation sites (N-methyl/N-ethyl adjacent to an activating group) is 1. The molecule has 1 aromatic carbocycles. The molecule has 1 atom stereocenters. The lowest BCUT2D eigenvalue weighted by molar-refractivity contribution is 0.0825. The maximum atomic E-state index is 13.2. The monoisotopic (exact) mass is 351 g/mol. The minimum atomic E-state index is -0.00126. The van der Waals surface area contributed by atoms with E-state index in [1.807, 2.05) is 36.4 Å². The Hall–Kier alpha value is -2.24. The number of ether oxygens (including phenoxy) is 1. The lowest BCUT2D eigenvalue weighted by Crippen LogP contribution is -2.47. The van der Waals surface area contributed by atoms with E-state index >= 15 is 0 Å². The number of carbonyl (C=O) groups excluding carboxylic acids is 1. The van der Waals surface area contributed by atoms with Crippen LogP contribution in [0.5, 0.6) is 5.75 Å². The summed E-state index contributed by atoms with van der Waals surface area (Å²) in [6, 6.07) is 11.7. The van der Waals surface area contributed by atoms with E-state index in [9.17, 15) is 4.79 Å². The van der Waals surface area contributed by atoms with E-state index in [0.717, 1.165) is 50.4 Å². The van der Waals surface area contributed by atoms with Crippen molar-refractivity contribution in [2.45, 2.75) is 6.42 Å². The molecule has 4 rings (SSSR count). The molecule has 0 aliphatic carbocycles. The summed E-state index contributed by atoms with van der Waals surface area (Å²) in [4.78, 5) is 22.4. The van der Waals surface area contributed by atoms with E-state index in [-0.39, 0.29) is 11.7 Å². The predicted octanol–water partition coefficient (Wildman–Crippen LogP) is 2.58. The van der Waals surface area contributed by atoms with Gasteiger partial charge in [-0.25, -0.2) is 0 Å². The Kier molecular flexibility index (Phi) is 5.00. The summed E-state index contributed by atoms with van der Waals surface area (Å²) in [5, 5.41) is 0. The molecule has 0 bridgehead atoms. The zero-order valence-corrected chi connectivity index (χ0v) is 15.2. The Labute approximate surface area is 154 Å². The van der Waals surface area contributed by atoms with Gasteiger partial charge in [-0.1, -0.05) is 6.07 Å². The smallest absolute Gasteiger partial charge is 0.171 e. The van der Waals surface area contributed by atoms with Crippen LogP contribution >= 0.6 is 0 Å². The molecule has 0 amide bonds. The van der Waals surface area contributed by atoms with Gasteiger partial charge >= 0.3 is 0 Å². The third kappa shape index (κ3) is 3.64. The first-order valence-electron chi connectivity index (χ1n) is 9.34. The van der Waals surface area contributed by atoms with Crippen molar-refractivity contribution in [1.29, 1.82) is 0 Å². The van der Waals surface area contributed by atoms with Gasteiger partial charge in [0.25, 0.3) is 0 Å². The maximum absolute atomic E-state index is 13.2. The second-order valence-corrected chi connectivity index (χ2v) is 7.23. The van der Waals surface area contributed by atoms with E-state index < -0.39 is 0 Å². The SMILES string of the molecule is CN1CCN(CC2CCOc3ccc(-c4ccccn4)cc3C2=O)CC1. The van der Waals surface area contributed by atoms with Crippen LogP contribution < -0.4 is 4.74 Å². The largest absolute Gasteiger partial charge is 0.493 e. The molecular formula is C21H25N3O2. The normalized spacial score (nSPS) is 21.7. The number of rotatable bonds is 3. The highest BCUT2D eigenvalue weighted by molar-refractivity contribution is 6.01. The van der Waals surface area contributed by atoms with Crippen LogP contribution in [0.2, 0.25) is 0 Å². The molecule has 1 fully saturated rings. The third-order valence-corrected chi connectivity index (χ3v) is 5.37. The minimum Gasteiger partial charge on any atom is -0.493 e. The molecule has 1 unspecified atom stereocenters. The van der Waals surface area contributed by atoms with E-state index in [0.29, 0.717) is 17.9 Å². The molecule has 2 aromatic rings. The van der Waals surface area contributed by atoms with E-state index in [1.54, 1.807) is 6.20 Å². The Morgan fingerprint density at radius 2 is 2.00 bits per heavy atom. The number of aromatic nitrogens is 1. The average molecular weight is 351 g/mol. The number of Topliss-reactive ketones (excluding diaryl/α,β-unsaturated/α-hetero) is 1. The number of ketones is 1. The highest BCUT2D eigenvalue weighted by Gasteiger charge is 2.29. The average Bonchev–Trinajstić information content (AvgIpc) is 2.83. The Morgan fingerprint density at radius 1 is 1.15 bits per heavy atom. The number of nitrogens with zero attached hydrogens (tertiary/aromatic N) is 3. The van der Waals surface area contributed by atoms with Crippen molar-refractivity contribution >= 4 is 5.78 Å². The summed E-state index contributed by atoms with van der Waals surface area (Å²) >= 11 is 0. The van der Waals surface area contributed by atoms with E-state index in [2.05, 4.69) is 21.8 Å². The second kappa shape index (κ2) is 7.56. The van der Waals surface area contributed by atoms with Crippen LogP contribution in [0.1, 0.15) is 16.8 Å². The molecule has 2 aliphatic rings. The van der Waals surface area contributed by atoms with Gasteiger partial charge in [0.2, 0.25) is 0 Å². The van der Waals surface area contributed by atoms with Crippen molar-refractivity contribution in [2.24, 2.45) is 5.92 Å². The van der Waals surface area contributed by atoms with Crippen LogP contribution in [-0.2, 0) is 0 Å². The second-order valence-electron chi connectivity index (χ2n) is 7.23. The number of hydrogen-bond donors (Lipinski definition) is 0. The molecule has 3 heterocycles. The summed E-state index contributed by atoms with van der Waals surface area (Å²) < 4.78 is 5.88. The number of carbonyl (C=O) groups is 1. The number of fused-ring (bicyclic) bond motifs is 1. The van der Waals surface area contributed by atoms with Crippen molar-refractivity contribution in [1.82, 2.24) is 14.8 Å². The van der Waals surface area contributed by atoms with Gasteiger partial charge in [0.05, 0.1) is 17.9 Å². The van der Waals surface area contributed by atoms with Gasteiger partial charge in [-0.3, -0.25) is 9.78 Å². The summed E-state index contributed by atoms with van der Waals surface area (Å²) in [7, 11) is 2.15. The van der Waals surface area contributed by atoms with Gasteiger partial charge < -0.3 is 14.5 Å². The van der Waals surface area contributed by atoms with Crippen LogP contribution in [0.3, 0.4) is 0 Å². The fraction of sp³-hybridized carbons (Fsp3) is 0.429. The van der Waals surface area contributed by atoms with Crippen LogP contribution in [0.15, 0.2) is 42.6 Å². The molecule has 1 aromatic heterocycles. The molecule has 0 saturated carbocycles. The lowest BCUT2D eigenvalue weighted by atomic mass is 9.93. The highest BCUT2D eigenvalue weighted by Crippen LogP contribution is 2.31. The molecule has 26 heavy (non-hydrogen) atoms. The number of hydrogen-bond acceptors (Lipinski definition) is 5. The summed E-state index contributed by atoms with van der Waals surface area (Å²) in [6.45, 7) is 5.61. The molecule has 5 nitrogen and oxygen atoms in total. The van der Waals surface area contributed by atoms with Crippen LogP contribution in [0.25, 0.3) is 11.3 Å². The van der Waals surface area contributed by atoms with Crippen LogP contribution in [0, 0.1) is 5.92 Å². The molecule has 0 radical (unpaired) electrons. The van der Waals surface area contributed by atoms with Gasteiger partial charge in [0, 0.05) is 50.4 Å². The summed E-state index contributed by atoms with van der Waals surface area (Å²) in [5.74, 6) is 0.906. The first-order valence-corrected chi connectivity index (χ1v) is 9.34. The molecule has 0 N–H and O–H groups in total. The first kappa shape index (κ1) is 17.2. The molecule has 2 aliphatic heterocycles. The van der Waals surface area contributed by atoms with E-state index in [4.69, 9.17) is 4.74 Å². The molecule has 1 saturated heterocycles. The summed E-state index contributed by atoms with van der Waals surface area (Å²) in [5.41, 5.74) is 2.54. The van der Waals surface area contributed by atoms with Gasteiger partial charge in [0.1, 0.15) is 5.75 Å². The zero-order chi connectivity index (χ0) is 17.9. The van der Waals surface area contributed by atoms with Crippen molar-refractivity contribution in [2.75, 3.05) is 46.4 Å². The number of pyridine rings is 1. The third-order valence-electron chi connectivity index (χ3n) is 5.37. The van der Waals surface area contributed by atoms with Crippen molar-refractivity contribution in [3.8, 4) is 17.0 Å². The van der Waals surface area contributed by atoms with E-state index in [1.165, 1.54) is 0 Å². The van der Waals surface area contributed by atoms with Crippen LogP contribution in [0.4, 0.5) is 0 Å². The van der Waals surface area contributed by atoms with Gasteiger partial charge in [-0.15, -0.1) is 0 Å². The van der Waals surface area contributed by atoms with Gasteiger partial charge in [-0.2, -0.15) is 0 Å². The number of piperazine rings is 1. The number of benzene rings is 1. The fourth-order valence-corrected chi connectivity index (χ4v) is 3.72. The zero-order valence-electron chi connectivity index (χ0n) is 15.2. The first-order chi connectivity index (χ1) is 12.7. The maximum Gasteiger partial charge on any atom is 0.171 e. The Balaban J connectivity index is 1.56. The lowest BCUT2D eigenvalue weighted by Gasteiger charge is -2.34. The van der Waals surface area contributed by atoms with Crippen molar-refractivity contribution in [3.05, 3.63) is 48.2 Å². The van der Waals surface area contributed by atoms with Gasteiger partial charge in [0.15, 0.2) is 5.78 Å². The topological polar surface area (TPSA) is 45.7 Å². The van der Waals surface area contributed by atoms with Crippen molar-refractivity contribution in [3.63, 3.8) is 0 Å². The van der Waals surface area contributed by atoms with Crippen molar-refractivity contribution < 1.29 is 9.53 Å². The predicted molar refractivity (Wildman–Crippen MR) is 102 cm³/mol. The molecule has 136 valence electrons. The van der Waals surface area contributed by atoms with Gasteiger partial charge in [-0.05, 0) is 43.8 Å². The minimum absolute atomic E-state index is 0.00126. The molecular weight excluding hydrogens is 326 g/mol. The quantitative estimate of drug-likeness (QED) is 0.850. The van der Waals surface area contributed by atoms with Crippen LogP contribution in [-0.4, -0.2) is 66.9 Å². The highest BCUT2D eigenvalue weighted by atomic mass is 16.5. The standard InChI is InChI=1S/C21H25N3O2/c1-23-9-11-24(12-10-23)15-17-7-13-26-20-6-5-16(14-18(20)21(17)25)19-4-2-3-8-22-19/h2-6,8,14,17H,7,9-13,15H2,1H3. The Morgan fingerprint density at radius 3 is 2.77 bits per heavy atom. The molecule has 0 spiro atoms. The molecule has 5 heteroatoms. The Bertz CT molecular complexity index is 770. The fourth-order valence-electron chi connectivity index (χ4n) is 3.72.